The second-order valence-corrected chi connectivity index (χ2v) is 5.84. The van der Waals surface area contributed by atoms with Crippen LogP contribution in [0.3, 0.4) is 0 Å². The van der Waals surface area contributed by atoms with Crippen LogP contribution < -0.4 is 21.2 Å². The first-order chi connectivity index (χ1) is 12.4. The number of amides is 1. The predicted molar refractivity (Wildman–Crippen MR) is 95.4 cm³/mol. The van der Waals surface area contributed by atoms with Crippen LogP contribution in [0.15, 0.2) is 46.0 Å². The fourth-order valence-electron chi connectivity index (χ4n) is 2.52. The Hall–Kier alpha value is -3.13. The molecule has 2 N–H and O–H groups in total. The number of benzene rings is 2. The van der Waals surface area contributed by atoms with Gasteiger partial charge in [-0.05, 0) is 36.4 Å². The Kier molecular flexibility index (Phi) is 4.77. The smallest absolute Gasteiger partial charge is 0.317 e. The van der Waals surface area contributed by atoms with Gasteiger partial charge in [-0.3, -0.25) is 19.0 Å². The van der Waals surface area contributed by atoms with Crippen molar-refractivity contribution in [3.8, 4) is 5.75 Å². The van der Waals surface area contributed by atoms with E-state index >= 15 is 0 Å². The van der Waals surface area contributed by atoms with E-state index in [0.29, 0.717) is 16.5 Å². The van der Waals surface area contributed by atoms with E-state index in [1.165, 1.54) is 19.2 Å². The highest BCUT2D eigenvalue weighted by molar-refractivity contribution is 6.31. The molecule has 0 radical (unpaired) electrons. The molecule has 0 fully saturated rings. The lowest BCUT2D eigenvalue weighted by Crippen LogP contribution is -2.38. The second-order valence-electron chi connectivity index (χ2n) is 5.40. The number of ether oxygens (including phenoxy) is 1. The van der Waals surface area contributed by atoms with E-state index in [2.05, 4.69) is 10.3 Å². The average Bonchev–Trinajstić information content (AvgIpc) is 2.59. The van der Waals surface area contributed by atoms with E-state index in [1.807, 2.05) is 0 Å². The number of aromatic nitrogens is 2. The summed E-state index contributed by atoms with van der Waals surface area (Å²) in [6.07, 6.45) is 0. The van der Waals surface area contributed by atoms with Gasteiger partial charge in [0.2, 0.25) is 5.91 Å². The summed E-state index contributed by atoms with van der Waals surface area (Å²) in [5.41, 5.74) is -1.21. The number of methoxy groups -OCH3 is 1. The number of fused-ring (bicyclic) bond motifs is 1. The molecule has 1 heterocycles. The molecule has 7 nitrogen and oxygen atoms in total. The lowest BCUT2D eigenvalue weighted by atomic mass is 10.2. The van der Waals surface area contributed by atoms with Crippen LogP contribution in [0, 0.1) is 5.82 Å². The molecule has 9 heteroatoms. The molecule has 0 atom stereocenters. The maximum Gasteiger partial charge on any atom is 0.317 e. The molecule has 2 aromatic carbocycles. The van der Waals surface area contributed by atoms with Crippen molar-refractivity contribution in [2.75, 3.05) is 12.4 Å². The van der Waals surface area contributed by atoms with Crippen LogP contribution in [0.4, 0.5) is 10.1 Å². The molecule has 1 amide bonds. The summed E-state index contributed by atoms with van der Waals surface area (Å²) < 4.78 is 19.5. The maximum atomic E-state index is 13.4. The number of carbonyl (C=O) groups excluding carboxylic acids is 1. The maximum absolute atomic E-state index is 13.4. The molecule has 3 rings (SSSR count). The summed E-state index contributed by atoms with van der Waals surface area (Å²) in [4.78, 5) is 38.6. The number of halogens is 2. The van der Waals surface area contributed by atoms with E-state index < -0.39 is 29.4 Å². The van der Waals surface area contributed by atoms with Gasteiger partial charge >= 0.3 is 11.1 Å². The molecule has 0 unspecified atom stereocenters. The molecule has 0 saturated heterocycles. The van der Waals surface area contributed by atoms with Crippen LogP contribution in [-0.2, 0) is 11.3 Å². The van der Waals surface area contributed by atoms with Gasteiger partial charge in [-0.25, -0.2) is 4.39 Å². The highest BCUT2D eigenvalue weighted by atomic mass is 35.5. The van der Waals surface area contributed by atoms with Gasteiger partial charge in [0.25, 0.3) is 0 Å². The molecule has 0 spiro atoms. The van der Waals surface area contributed by atoms with E-state index in [9.17, 15) is 18.8 Å². The molecule has 1 aromatic heterocycles. The fourth-order valence-corrected chi connectivity index (χ4v) is 2.69. The van der Waals surface area contributed by atoms with Gasteiger partial charge in [-0.15, -0.1) is 0 Å². The van der Waals surface area contributed by atoms with Crippen molar-refractivity contribution < 1.29 is 13.9 Å². The molecule has 0 bridgehead atoms. The standard InChI is InChI=1S/C17H13ClFN3O4/c1-26-14-5-2-9(18)6-12(14)20-15(23)8-22-13-4-3-10(19)7-11(13)21-16(24)17(22)25/h2-7H,8H2,1H3,(H,20,23)(H,21,24). The van der Waals surface area contributed by atoms with Crippen LogP contribution in [0.5, 0.6) is 5.75 Å². The summed E-state index contributed by atoms with van der Waals surface area (Å²) in [6.45, 7) is -0.444. The SMILES string of the molecule is COc1ccc(Cl)cc1NC(=O)Cn1c(=O)c(=O)[nH]c2cc(F)ccc21. The summed E-state index contributed by atoms with van der Waals surface area (Å²) in [6, 6.07) is 8.19. The molecule has 0 saturated carbocycles. The quantitative estimate of drug-likeness (QED) is 0.681. The van der Waals surface area contributed by atoms with E-state index in [4.69, 9.17) is 16.3 Å². The number of hydrogen-bond donors (Lipinski definition) is 2. The molecular formula is C17H13ClFN3O4. The normalized spacial score (nSPS) is 10.7. The molecule has 3 aromatic rings. The zero-order valence-electron chi connectivity index (χ0n) is 13.5. The van der Waals surface area contributed by atoms with Crippen molar-refractivity contribution in [3.05, 3.63) is 67.9 Å². The van der Waals surface area contributed by atoms with E-state index in [-0.39, 0.29) is 11.0 Å². The predicted octanol–water partition coefficient (Wildman–Crippen LogP) is 2.13. The summed E-state index contributed by atoms with van der Waals surface area (Å²) in [5, 5.41) is 2.96. The average molecular weight is 378 g/mol. The third kappa shape index (κ3) is 3.45. The molecule has 0 aliphatic carbocycles. The number of aromatic amines is 1. The van der Waals surface area contributed by atoms with E-state index in [0.717, 1.165) is 16.7 Å². The molecule has 0 aliphatic heterocycles. The third-order valence-electron chi connectivity index (χ3n) is 3.67. The Morgan fingerprint density at radius 1 is 1.27 bits per heavy atom. The Morgan fingerprint density at radius 2 is 2.04 bits per heavy atom. The Bertz CT molecular complexity index is 1120. The van der Waals surface area contributed by atoms with Gasteiger partial charge in [0.1, 0.15) is 18.1 Å². The van der Waals surface area contributed by atoms with Gasteiger partial charge in [0.05, 0.1) is 23.8 Å². The van der Waals surface area contributed by atoms with Crippen LogP contribution >= 0.6 is 11.6 Å². The monoisotopic (exact) mass is 377 g/mol. The Morgan fingerprint density at radius 3 is 2.77 bits per heavy atom. The minimum Gasteiger partial charge on any atom is -0.495 e. The summed E-state index contributed by atoms with van der Waals surface area (Å²) in [7, 11) is 1.43. The van der Waals surface area contributed by atoms with Crippen LogP contribution in [-0.4, -0.2) is 22.6 Å². The van der Waals surface area contributed by atoms with Crippen molar-refractivity contribution in [2.45, 2.75) is 6.54 Å². The number of nitrogens with zero attached hydrogens (tertiary/aromatic N) is 1. The summed E-state index contributed by atoms with van der Waals surface area (Å²) >= 11 is 5.91. The first-order valence-corrected chi connectivity index (χ1v) is 7.82. The largest absolute Gasteiger partial charge is 0.495 e. The number of carbonyl (C=O) groups is 1. The van der Waals surface area contributed by atoms with Crippen molar-refractivity contribution in [3.63, 3.8) is 0 Å². The van der Waals surface area contributed by atoms with Gasteiger partial charge < -0.3 is 15.0 Å². The number of anilines is 1. The van der Waals surface area contributed by atoms with Crippen LogP contribution in [0.2, 0.25) is 5.02 Å². The number of rotatable bonds is 4. The lowest BCUT2D eigenvalue weighted by Gasteiger charge is -2.12. The van der Waals surface area contributed by atoms with Crippen molar-refractivity contribution in [1.29, 1.82) is 0 Å². The topological polar surface area (TPSA) is 93.2 Å². The lowest BCUT2D eigenvalue weighted by molar-refractivity contribution is -0.116. The zero-order chi connectivity index (χ0) is 18.8. The second kappa shape index (κ2) is 7.01. The van der Waals surface area contributed by atoms with Crippen LogP contribution in [0.1, 0.15) is 0 Å². The molecule has 134 valence electrons. The fraction of sp³-hybridized carbons (Fsp3) is 0.118. The van der Waals surface area contributed by atoms with Crippen molar-refractivity contribution >= 4 is 34.2 Å². The molecule has 0 aliphatic rings. The number of nitrogens with one attached hydrogen (secondary N) is 2. The van der Waals surface area contributed by atoms with Crippen molar-refractivity contribution in [2.24, 2.45) is 0 Å². The Labute approximate surface area is 151 Å². The third-order valence-corrected chi connectivity index (χ3v) is 3.91. The number of H-pyrrole nitrogens is 1. The van der Waals surface area contributed by atoms with Gasteiger partial charge in [-0.1, -0.05) is 11.6 Å². The molecular weight excluding hydrogens is 365 g/mol. The van der Waals surface area contributed by atoms with Crippen molar-refractivity contribution in [1.82, 2.24) is 9.55 Å². The van der Waals surface area contributed by atoms with Gasteiger partial charge in [0, 0.05) is 5.02 Å². The highest BCUT2D eigenvalue weighted by Gasteiger charge is 2.14. The Balaban J connectivity index is 1.98. The number of hydrogen-bond acceptors (Lipinski definition) is 4. The zero-order valence-corrected chi connectivity index (χ0v) is 14.3. The first kappa shape index (κ1) is 17.7. The first-order valence-electron chi connectivity index (χ1n) is 7.45. The van der Waals surface area contributed by atoms with Gasteiger partial charge in [0.15, 0.2) is 0 Å². The van der Waals surface area contributed by atoms with E-state index in [1.54, 1.807) is 12.1 Å². The molecule has 26 heavy (non-hydrogen) atoms. The summed E-state index contributed by atoms with van der Waals surface area (Å²) in [5.74, 6) is -0.775. The minimum atomic E-state index is -0.948. The van der Waals surface area contributed by atoms with Crippen LogP contribution in [0.25, 0.3) is 11.0 Å². The highest BCUT2D eigenvalue weighted by Crippen LogP contribution is 2.27. The minimum absolute atomic E-state index is 0.114. The van der Waals surface area contributed by atoms with Gasteiger partial charge in [-0.2, -0.15) is 0 Å².